The Balaban J connectivity index is 2.35. The Morgan fingerprint density at radius 2 is 1.90 bits per heavy atom. The van der Waals surface area contributed by atoms with Crippen LogP contribution in [0.15, 0.2) is 40.9 Å². The first kappa shape index (κ1) is 16.6. The van der Waals surface area contributed by atoms with Gasteiger partial charge in [-0.25, -0.2) is 4.39 Å². The maximum atomic E-state index is 13.4. The highest BCUT2D eigenvalue weighted by Gasteiger charge is 2.20. The zero-order valence-corrected chi connectivity index (χ0v) is 14.2. The van der Waals surface area contributed by atoms with Crippen molar-refractivity contribution in [2.24, 2.45) is 5.73 Å². The van der Waals surface area contributed by atoms with Gasteiger partial charge < -0.3 is 10.5 Å². The molecule has 0 fully saturated rings. The first-order valence-corrected chi connectivity index (χ1v) is 7.75. The third-order valence-electron chi connectivity index (χ3n) is 2.88. The second-order valence-corrected chi connectivity index (χ2v) is 6.32. The third kappa shape index (κ3) is 4.10. The van der Waals surface area contributed by atoms with Crippen LogP contribution in [0, 0.1) is 5.82 Å². The molecule has 2 nitrogen and oxygen atoms in total. The van der Waals surface area contributed by atoms with E-state index in [9.17, 15) is 4.39 Å². The molecule has 0 heterocycles. The lowest BCUT2D eigenvalue weighted by atomic mass is 10.0. The second kappa shape index (κ2) is 6.97. The van der Waals surface area contributed by atoms with E-state index in [1.54, 1.807) is 31.2 Å². The lowest BCUT2D eigenvalue weighted by Gasteiger charge is -2.24. The van der Waals surface area contributed by atoms with Crippen molar-refractivity contribution in [3.63, 3.8) is 0 Å². The Bertz CT molecular complexity index is 652. The number of hydrogen-bond donors (Lipinski definition) is 1. The fourth-order valence-electron chi connectivity index (χ4n) is 1.89. The van der Waals surface area contributed by atoms with Gasteiger partial charge in [-0.15, -0.1) is 0 Å². The molecule has 6 heteroatoms. The molecule has 21 heavy (non-hydrogen) atoms. The van der Waals surface area contributed by atoms with E-state index in [0.717, 1.165) is 0 Å². The largest absolute Gasteiger partial charge is 0.482 e. The first-order chi connectivity index (χ1) is 9.88. The fraction of sp³-hybridized carbons (Fsp3) is 0.200. The number of halogens is 4. The molecule has 2 atom stereocenters. The van der Waals surface area contributed by atoms with Crippen LogP contribution in [0.5, 0.6) is 5.75 Å². The van der Waals surface area contributed by atoms with Crippen molar-refractivity contribution in [3.05, 3.63) is 62.3 Å². The Morgan fingerprint density at radius 1 is 1.19 bits per heavy atom. The Labute approximate surface area is 141 Å². The fourth-order valence-corrected chi connectivity index (χ4v) is 2.73. The number of rotatable bonds is 4. The van der Waals surface area contributed by atoms with E-state index in [-0.39, 0.29) is 11.9 Å². The molecule has 0 aromatic heterocycles. The monoisotopic (exact) mass is 391 g/mol. The average Bonchev–Trinajstić information content (AvgIpc) is 2.41. The van der Waals surface area contributed by atoms with E-state index in [1.165, 1.54) is 12.1 Å². The molecule has 0 spiro atoms. The summed E-state index contributed by atoms with van der Waals surface area (Å²) >= 11 is 15.5. The second-order valence-electron chi connectivity index (χ2n) is 4.65. The molecule has 0 aliphatic heterocycles. The highest BCUT2D eigenvalue weighted by molar-refractivity contribution is 9.10. The van der Waals surface area contributed by atoms with Crippen LogP contribution in [0.4, 0.5) is 4.39 Å². The lowest BCUT2D eigenvalue weighted by Crippen LogP contribution is -2.29. The predicted octanol–water partition coefficient (Wildman–Crippen LogP) is 5.36. The lowest BCUT2D eigenvalue weighted by molar-refractivity contribution is 0.180. The molecule has 0 amide bonds. The van der Waals surface area contributed by atoms with Crippen molar-refractivity contribution in [3.8, 4) is 5.75 Å². The maximum Gasteiger partial charge on any atom is 0.140 e. The summed E-state index contributed by atoms with van der Waals surface area (Å²) < 4.78 is 19.9. The Morgan fingerprint density at radius 3 is 2.52 bits per heavy atom. The Kier molecular flexibility index (Phi) is 5.49. The van der Waals surface area contributed by atoms with Gasteiger partial charge in [0.1, 0.15) is 17.7 Å². The molecule has 0 radical (unpaired) electrons. The average molecular weight is 393 g/mol. The molecule has 2 aromatic rings. The standard InChI is InChI=1S/C15H13BrCl2FNO/c1-8(20)15(9-3-2-4-10(19)5-9)21-14-7-12(17)11(16)6-13(14)18/h2-8,15H,20H2,1H3. The van der Waals surface area contributed by atoms with Crippen molar-refractivity contribution in [1.82, 2.24) is 0 Å². The van der Waals surface area contributed by atoms with E-state index in [2.05, 4.69) is 15.9 Å². The van der Waals surface area contributed by atoms with Crippen LogP contribution in [-0.4, -0.2) is 6.04 Å². The summed E-state index contributed by atoms with van der Waals surface area (Å²) in [5.74, 6) is 0.0538. The third-order valence-corrected chi connectivity index (χ3v) is 4.38. The van der Waals surface area contributed by atoms with Gasteiger partial charge in [0.2, 0.25) is 0 Å². The maximum absolute atomic E-state index is 13.4. The van der Waals surface area contributed by atoms with Gasteiger partial charge >= 0.3 is 0 Å². The van der Waals surface area contributed by atoms with Crippen LogP contribution < -0.4 is 10.5 Å². The summed E-state index contributed by atoms with van der Waals surface area (Å²) in [5.41, 5.74) is 6.59. The summed E-state index contributed by atoms with van der Waals surface area (Å²) in [6, 6.07) is 9.01. The van der Waals surface area contributed by atoms with Crippen LogP contribution in [0.3, 0.4) is 0 Å². The van der Waals surface area contributed by atoms with Crippen LogP contribution in [0.25, 0.3) is 0 Å². The molecule has 0 aliphatic carbocycles. The SMILES string of the molecule is CC(N)C(Oc1cc(Cl)c(Br)cc1Cl)c1cccc(F)c1. The number of ether oxygens (including phenoxy) is 1. The summed E-state index contributed by atoms with van der Waals surface area (Å²) in [4.78, 5) is 0. The van der Waals surface area contributed by atoms with Crippen molar-refractivity contribution >= 4 is 39.1 Å². The summed E-state index contributed by atoms with van der Waals surface area (Å²) in [5, 5.41) is 0.866. The van der Waals surface area contributed by atoms with Gasteiger partial charge in [-0.2, -0.15) is 0 Å². The quantitative estimate of drug-likeness (QED) is 0.710. The van der Waals surface area contributed by atoms with Crippen molar-refractivity contribution < 1.29 is 9.13 Å². The molecule has 2 aromatic carbocycles. The van der Waals surface area contributed by atoms with Gasteiger partial charge in [0, 0.05) is 16.6 Å². The van der Waals surface area contributed by atoms with Crippen LogP contribution in [0.2, 0.25) is 10.0 Å². The molecule has 0 saturated carbocycles. The van der Waals surface area contributed by atoms with E-state index >= 15 is 0 Å². The van der Waals surface area contributed by atoms with Gasteiger partial charge in [-0.3, -0.25) is 0 Å². The zero-order valence-electron chi connectivity index (χ0n) is 11.1. The molecule has 0 bridgehead atoms. The molecule has 112 valence electrons. The van der Waals surface area contributed by atoms with E-state index in [4.69, 9.17) is 33.7 Å². The van der Waals surface area contributed by atoms with Gasteiger partial charge in [0.15, 0.2) is 0 Å². The highest BCUT2D eigenvalue weighted by Crippen LogP contribution is 2.36. The van der Waals surface area contributed by atoms with Gasteiger partial charge in [0.25, 0.3) is 0 Å². The summed E-state index contributed by atoms with van der Waals surface area (Å²) in [6.07, 6.45) is -0.532. The van der Waals surface area contributed by atoms with E-state index in [1.807, 2.05) is 0 Å². The normalized spacial score (nSPS) is 13.8. The number of nitrogens with two attached hydrogens (primary N) is 1. The molecular weight excluding hydrogens is 380 g/mol. The minimum atomic E-state index is -0.532. The smallest absolute Gasteiger partial charge is 0.140 e. The van der Waals surface area contributed by atoms with E-state index < -0.39 is 6.10 Å². The van der Waals surface area contributed by atoms with Gasteiger partial charge in [-0.1, -0.05) is 35.3 Å². The molecule has 2 unspecified atom stereocenters. The zero-order chi connectivity index (χ0) is 15.6. The van der Waals surface area contributed by atoms with Crippen molar-refractivity contribution in [2.75, 3.05) is 0 Å². The van der Waals surface area contributed by atoms with Crippen molar-refractivity contribution in [2.45, 2.75) is 19.1 Å². The topological polar surface area (TPSA) is 35.2 Å². The summed E-state index contributed by atoms with van der Waals surface area (Å²) in [6.45, 7) is 1.78. The molecule has 2 N–H and O–H groups in total. The number of hydrogen-bond acceptors (Lipinski definition) is 2. The minimum absolute atomic E-state index is 0.346. The van der Waals surface area contributed by atoms with Crippen LogP contribution in [-0.2, 0) is 0 Å². The van der Waals surface area contributed by atoms with Crippen LogP contribution in [0.1, 0.15) is 18.6 Å². The van der Waals surface area contributed by atoms with Gasteiger partial charge in [-0.05, 0) is 46.6 Å². The van der Waals surface area contributed by atoms with Crippen molar-refractivity contribution in [1.29, 1.82) is 0 Å². The molecule has 0 aliphatic rings. The Hall–Kier alpha value is -0.810. The highest BCUT2D eigenvalue weighted by atomic mass is 79.9. The molecular formula is C15H13BrCl2FNO. The van der Waals surface area contributed by atoms with E-state index in [0.29, 0.717) is 25.8 Å². The minimum Gasteiger partial charge on any atom is -0.482 e. The van der Waals surface area contributed by atoms with Gasteiger partial charge in [0.05, 0.1) is 10.0 Å². The van der Waals surface area contributed by atoms with Crippen LogP contribution >= 0.6 is 39.1 Å². The number of benzene rings is 2. The molecule has 0 saturated heterocycles. The summed E-state index contributed by atoms with van der Waals surface area (Å²) in [7, 11) is 0. The predicted molar refractivity (Wildman–Crippen MR) is 87.6 cm³/mol. The first-order valence-electron chi connectivity index (χ1n) is 6.20. The molecule has 2 rings (SSSR count).